The summed E-state index contributed by atoms with van der Waals surface area (Å²) in [5.74, 6) is 1.48. The van der Waals surface area contributed by atoms with E-state index in [2.05, 4.69) is 65.6 Å². The number of anilines is 1. The Kier molecular flexibility index (Phi) is 5.09. The Morgan fingerprint density at radius 1 is 1.21 bits per heavy atom. The predicted octanol–water partition coefficient (Wildman–Crippen LogP) is 5.10. The van der Waals surface area contributed by atoms with Gasteiger partial charge < -0.3 is 9.47 Å². The fourth-order valence-electron chi connectivity index (χ4n) is 4.17. The van der Waals surface area contributed by atoms with E-state index in [0.717, 1.165) is 16.7 Å². The minimum absolute atomic E-state index is 0.120. The van der Waals surface area contributed by atoms with Crippen LogP contribution in [0, 0.1) is 0 Å². The lowest BCUT2D eigenvalue weighted by atomic mass is 9.83. The van der Waals surface area contributed by atoms with Crippen molar-refractivity contribution in [2.24, 2.45) is 0 Å². The normalized spacial score (nSPS) is 20.4. The van der Waals surface area contributed by atoms with Gasteiger partial charge in [-0.3, -0.25) is 4.79 Å². The predicted molar refractivity (Wildman–Crippen MR) is 119 cm³/mol. The number of ketones is 1. The SMILES string of the molecule is CC(Sc1nnc(C(C)C)n1C1CC1)C(=O)/C=C1/N(C)c2ccccc2C1(C)C. The van der Waals surface area contributed by atoms with Crippen molar-refractivity contribution in [2.75, 3.05) is 11.9 Å². The van der Waals surface area contributed by atoms with Gasteiger partial charge in [-0.15, -0.1) is 10.2 Å². The number of nitrogens with zero attached hydrogens (tertiary/aromatic N) is 4. The number of rotatable bonds is 6. The van der Waals surface area contributed by atoms with Crippen molar-refractivity contribution in [3.63, 3.8) is 0 Å². The molecule has 29 heavy (non-hydrogen) atoms. The quantitative estimate of drug-likeness (QED) is 0.490. The minimum atomic E-state index is -0.211. The molecule has 1 aliphatic heterocycles. The first kappa shape index (κ1) is 20.2. The number of likely N-dealkylation sites (N-methyl/N-ethyl adjacent to an activating group) is 1. The van der Waals surface area contributed by atoms with Gasteiger partial charge in [0.2, 0.25) is 0 Å². The fraction of sp³-hybridized carbons (Fsp3) is 0.522. The summed E-state index contributed by atoms with van der Waals surface area (Å²) in [6.07, 6.45) is 4.18. The Hall–Kier alpha value is -2.08. The van der Waals surface area contributed by atoms with E-state index in [-0.39, 0.29) is 16.4 Å². The van der Waals surface area contributed by atoms with Gasteiger partial charge in [0, 0.05) is 41.9 Å². The third-order valence-electron chi connectivity index (χ3n) is 6.02. The van der Waals surface area contributed by atoms with Gasteiger partial charge in [0.1, 0.15) is 5.82 Å². The van der Waals surface area contributed by atoms with E-state index in [4.69, 9.17) is 0 Å². The molecule has 0 radical (unpaired) electrons. The summed E-state index contributed by atoms with van der Waals surface area (Å²) < 4.78 is 2.26. The molecule has 0 N–H and O–H groups in total. The van der Waals surface area contributed by atoms with E-state index in [0.29, 0.717) is 12.0 Å². The number of hydrogen-bond donors (Lipinski definition) is 0. The molecule has 5 nitrogen and oxygen atoms in total. The Labute approximate surface area is 177 Å². The van der Waals surface area contributed by atoms with Crippen LogP contribution in [-0.2, 0) is 10.2 Å². The number of carbonyl (C=O) groups excluding carboxylic acids is 1. The van der Waals surface area contributed by atoms with Crippen molar-refractivity contribution in [1.29, 1.82) is 0 Å². The number of hydrogen-bond acceptors (Lipinski definition) is 5. The van der Waals surface area contributed by atoms with Gasteiger partial charge >= 0.3 is 0 Å². The van der Waals surface area contributed by atoms with Crippen molar-refractivity contribution in [3.8, 4) is 0 Å². The van der Waals surface area contributed by atoms with Crippen molar-refractivity contribution in [3.05, 3.63) is 47.4 Å². The summed E-state index contributed by atoms with van der Waals surface area (Å²) in [5.41, 5.74) is 3.29. The average molecular weight is 411 g/mol. The lowest BCUT2D eigenvalue weighted by molar-refractivity contribution is -0.114. The third-order valence-corrected chi connectivity index (χ3v) is 7.10. The van der Waals surface area contributed by atoms with Gasteiger partial charge in [-0.1, -0.05) is 57.7 Å². The van der Waals surface area contributed by atoms with Crippen LogP contribution in [0.1, 0.15) is 70.8 Å². The number of para-hydroxylation sites is 1. The van der Waals surface area contributed by atoms with E-state index < -0.39 is 0 Å². The number of fused-ring (bicyclic) bond motifs is 1. The Balaban J connectivity index is 1.57. The fourth-order valence-corrected chi connectivity index (χ4v) is 5.11. The van der Waals surface area contributed by atoms with Crippen LogP contribution in [0.3, 0.4) is 0 Å². The van der Waals surface area contributed by atoms with E-state index in [1.54, 1.807) is 0 Å². The van der Waals surface area contributed by atoms with Crippen LogP contribution in [0.15, 0.2) is 41.2 Å². The van der Waals surface area contributed by atoms with E-state index in [9.17, 15) is 4.79 Å². The molecule has 2 aliphatic rings. The Morgan fingerprint density at radius 3 is 2.52 bits per heavy atom. The highest BCUT2D eigenvalue weighted by molar-refractivity contribution is 8.00. The molecular weight excluding hydrogens is 380 g/mol. The van der Waals surface area contributed by atoms with E-state index in [1.807, 2.05) is 26.1 Å². The molecule has 2 heterocycles. The number of benzene rings is 1. The van der Waals surface area contributed by atoms with Crippen molar-refractivity contribution < 1.29 is 4.79 Å². The standard InChI is InChI=1S/C23H30N4OS/c1-14(2)21-24-25-22(27(21)16-11-12-16)29-15(3)19(28)13-20-23(4,5)17-9-7-8-10-18(17)26(20)6/h7-10,13-16H,11-12H2,1-6H3/b20-13+. The van der Waals surface area contributed by atoms with Gasteiger partial charge in [-0.25, -0.2) is 0 Å². The Morgan fingerprint density at radius 2 is 1.90 bits per heavy atom. The maximum atomic E-state index is 13.1. The van der Waals surface area contributed by atoms with E-state index >= 15 is 0 Å². The highest BCUT2D eigenvalue weighted by Crippen LogP contribution is 2.47. The summed E-state index contributed by atoms with van der Waals surface area (Å²) in [5, 5.41) is 9.50. The molecule has 154 valence electrons. The van der Waals surface area contributed by atoms with Crippen LogP contribution >= 0.6 is 11.8 Å². The van der Waals surface area contributed by atoms with Gasteiger partial charge in [-0.2, -0.15) is 0 Å². The first-order valence-electron chi connectivity index (χ1n) is 10.4. The summed E-state index contributed by atoms with van der Waals surface area (Å²) in [7, 11) is 2.04. The molecule has 1 aromatic heterocycles. The van der Waals surface area contributed by atoms with Crippen LogP contribution < -0.4 is 4.90 Å². The summed E-state index contributed by atoms with van der Waals surface area (Å²) in [6, 6.07) is 8.88. The molecule has 0 spiro atoms. The van der Waals surface area contributed by atoms with Crippen molar-refractivity contribution >= 4 is 23.2 Å². The molecule has 4 rings (SSSR count). The molecule has 1 aliphatic carbocycles. The largest absolute Gasteiger partial charge is 0.347 e. The zero-order valence-electron chi connectivity index (χ0n) is 18.1. The summed E-state index contributed by atoms with van der Waals surface area (Å²) in [4.78, 5) is 15.3. The lowest BCUT2D eigenvalue weighted by Crippen LogP contribution is -2.25. The summed E-state index contributed by atoms with van der Waals surface area (Å²) >= 11 is 1.53. The molecule has 1 fully saturated rings. The van der Waals surface area contributed by atoms with Crippen LogP contribution in [0.2, 0.25) is 0 Å². The molecule has 0 saturated heterocycles. The molecule has 1 unspecified atom stereocenters. The Bertz CT molecular complexity index is 971. The van der Waals surface area contributed by atoms with Gasteiger partial charge in [-0.05, 0) is 31.4 Å². The van der Waals surface area contributed by atoms with Gasteiger partial charge in [0.15, 0.2) is 10.9 Å². The monoisotopic (exact) mass is 410 g/mol. The smallest absolute Gasteiger partial charge is 0.192 e. The molecule has 1 saturated carbocycles. The molecule has 0 bridgehead atoms. The molecular formula is C23H30N4OS. The van der Waals surface area contributed by atoms with Crippen LogP contribution in [0.4, 0.5) is 5.69 Å². The molecule has 0 amide bonds. The molecule has 1 aromatic carbocycles. The first-order valence-corrected chi connectivity index (χ1v) is 11.3. The highest BCUT2D eigenvalue weighted by Gasteiger charge is 2.39. The second-order valence-electron chi connectivity index (χ2n) is 8.99. The topological polar surface area (TPSA) is 51.0 Å². The molecule has 2 aromatic rings. The van der Waals surface area contributed by atoms with Crippen LogP contribution in [0.5, 0.6) is 0 Å². The van der Waals surface area contributed by atoms with E-state index in [1.165, 1.54) is 35.9 Å². The molecule has 6 heteroatoms. The van der Waals surface area contributed by atoms with Crippen molar-refractivity contribution in [2.45, 2.75) is 75.2 Å². The highest BCUT2D eigenvalue weighted by atomic mass is 32.2. The first-order chi connectivity index (χ1) is 13.7. The van der Waals surface area contributed by atoms with Gasteiger partial charge in [0.25, 0.3) is 0 Å². The second-order valence-corrected chi connectivity index (χ2v) is 10.3. The lowest BCUT2D eigenvalue weighted by Gasteiger charge is -2.24. The van der Waals surface area contributed by atoms with Crippen LogP contribution in [0.25, 0.3) is 0 Å². The maximum Gasteiger partial charge on any atom is 0.192 e. The number of allylic oxidation sites excluding steroid dienone is 2. The minimum Gasteiger partial charge on any atom is -0.347 e. The second kappa shape index (κ2) is 7.31. The zero-order valence-corrected chi connectivity index (χ0v) is 19.0. The van der Waals surface area contributed by atoms with Crippen molar-refractivity contribution in [1.82, 2.24) is 14.8 Å². The van der Waals surface area contributed by atoms with Gasteiger partial charge in [0.05, 0.1) is 5.25 Å². The molecule has 1 atom stereocenters. The maximum absolute atomic E-state index is 13.1. The zero-order chi connectivity index (χ0) is 20.9. The number of thioether (sulfide) groups is 1. The third kappa shape index (κ3) is 3.52. The number of aromatic nitrogens is 3. The summed E-state index contributed by atoms with van der Waals surface area (Å²) in [6.45, 7) is 10.6. The number of carbonyl (C=O) groups is 1. The van der Waals surface area contributed by atoms with Crippen LogP contribution in [-0.4, -0.2) is 32.8 Å². The average Bonchev–Trinajstić information content (AvgIpc) is 3.40.